The van der Waals surface area contributed by atoms with Crippen molar-refractivity contribution in [3.05, 3.63) is 260 Å². The summed E-state index contributed by atoms with van der Waals surface area (Å²) in [5, 5.41) is 8.86. The molecule has 0 saturated carbocycles. The van der Waals surface area contributed by atoms with Crippen LogP contribution in [0.5, 0.6) is 0 Å². The van der Waals surface area contributed by atoms with E-state index >= 15 is 0 Å². The molecule has 13 rings (SSSR count). The Morgan fingerprint density at radius 2 is 0.849 bits per heavy atom. The molecule has 0 bridgehead atoms. The van der Waals surface area contributed by atoms with Crippen LogP contribution in [0.3, 0.4) is 0 Å². The molecular formula is C87H93N13O6. The number of likely N-dealkylation sites (tertiary alicyclic amines) is 3. The Morgan fingerprint density at radius 3 is 1.20 bits per heavy atom. The highest BCUT2D eigenvalue weighted by atomic mass is 16.2. The number of rotatable bonds is 17. The van der Waals surface area contributed by atoms with E-state index in [4.69, 9.17) is 12.8 Å². The van der Waals surface area contributed by atoms with Gasteiger partial charge in [0, 0.05) is 158 Å². The Morgan fingerprint density at radius 1 is 0.425 bits per heavy atom. The van der Waals surface area contributed by atoms with Crippen LogP contribution in [0.2, 0.25) is 0 Å². The van der Waals surface area contributed by atoms with Gasteiger partial charge in [0.15, 0.2) is 0 Å². The van der Waals surface area contributed by atoms with Crippen LogP contribution in [-0.2, 0) is 12.8 Å². The Balaban J connectivity index is 0.000000159. The number of hydrogen-bond acceptors (Lipinski definition) is 13. The van der Waals surface area contributed by atoms with Gasteiger partial charge in [-0.3, -0.25) is 48.7 Å². The van der Waals surface area contributed by atoms with Crippen molar-refractivity contribution < 1.29 is 28.8 Å². The maximum absolute atomic E-state index is 13.2. The van der Waals surface area contributed by atoms with Crippen LogP contribution < -0.4 is 20.9 Å². The van der Waals surface area contributed by atoms with Gasteiger partial charge in [-0.25, -0.2) is 9.97 Å². The molecule has 4 saturated heterocycles. The van der Waals surface area contributed by atoms with E-state index < -0.39 is 0 Å². The van der Waals surface area contributed by atoms with Gasteiger partial charge in [-0.15, -0.1) is 12.8 Å². The maximum Gasteiger partial charge on any atom is 0.257 e. The molecule has 9 aromatic rings. The van der Waals surface area contributed by atoms with E-state index in [0.29, 0.717) is 112 Å². The van der Waals surface area contributed by atoms with Gasteiger partial charge in [0.05, 0.1) is 16.7 Å². The topological polar surface area (TPSA) is 229 Å². The molecule has 4 fully saturated rings. The predicted octanol–water partition coefficient (Wildman–Crippen LogP) is 14.7. The summed E-state index contributed by atoms with van der Waals surface area (Å²) in [7, 11) is 0. The summed E-state index contributed by atoms with van der Waals surface area (Å²) in [6.45, 7) is 20.4. The van der Waals surface area contributed by atoms with E-state index in [2.05, 4.69) is 102 Å². The van der Waals surface area contributed by atoms with Gasteiger partial charge in [-0.2, -0.15) is 0 Å². The zero-order valence-electron chi connectivity index (χ0n) is 61.6. The van der Waals surface area contributed by atoms with Crippen molar-refractivity contribution in [2.24, 2.45) is 11.8 Å². The summed E-state index contributed by atoms with van der Waals surface area (Å²) in [6, 6.07) is 39.4. The van der Waals surface area contributed by atoms with Crippen LogP contribution in [0.25, 0.3) is 0 Å². The number of piperidine rings is 3. The minimum Gasteiger partial charge on any atom is -0.356 e. The number of terminal acetylenes is 2. The average molecular weight is 1420 g/mol. The lowest BCUT2D eigenvalue weighted by Gasteiger charge is -2.32. The number of nitrogens with one attached hydrogen (secondary N) is 3. The number of amides is 6. The minimum atomic E-state index is -0.240. The van der Waals surface area contributed by atoms with Gasteiger partial charge in [0.2, 0.25) is 0 Å². The molecule has 3 N–H and O–H groups in total. The van der Waals surface area contributed by atoms with Crippen LogP contribution >= 0.6 is 0 Å². The summed E-state index contributed by atoms with van der Waals surface area (Å²) in [5.41, 5.74) is 14.6. The molecule has 19 heteroatoms. The number of nitrogens with zero attached hydrogens (tertiary/aromatic N) is 10. The number of anilines is 4. The SMILES string of the molecule is C#Cc1ccc(C2CCN(C(=O)c3ccc(C)c(NC(=O)c4ccc(CC(C)C)nc4)c3)CC2)cn1.C#Cc1ccc(C2CCN(C(=O)c3ccc(C)c(NC(=O)c4ccc(CC(C)C)nc4)c3)CC2)nc1.Cc1ccc(C(=O)N2CCC(c3ccncc3)CC2)cc1NC(=O)c1ccc(N2CCC2)nc1. The third-order valence-electron chi connectivity index (χ3n) is 20.1. The molecular weight excluding hydrogens is 1320 g/mol. The first kappa shape index (κ1) is 75.5. The molecule has 19 nitrogen and oxygen atoms in total. The molecule has 0 unspecified atom stereocenters. The molecule has 0 atom stereocenters. The van der Waals surface area contributed by atoms with E-state index in [1.807, 2.05) is 133 Å². The first-order chi connectivity index (χ1) is 51.2. The minimum absolute atomic E-state index is 0.00393. The van der Waals surface area contributed by atoms with Crippen molar-refractivity contribution in [1.29, 1.82) is 0 Å². The molecule has 4 aliphatic rings. The summed E-state index contributed by atoms with van der Waals surface area (Å²) in [4.78, 5) is 112. The van der Waals surface area contributed by atoms with Crippen molar-refractivity contribution in [2.75, 3.05) is 73.2 Å². The molecule has 4 aliphatic heterocycles. The van der Waals surface area contributed by atoms with Crippen LogP contribution in [0.15, 0.2) is 171 Å². The molecule has 0 radical (unpaired) electrons. The molecule has 6 amide bonds. The largest absolute Gasteiger partial charge is 0.356 e. The predicted molar refractivity (Wildman–Crippen MR) is 416 cm³/mol. The van der Waals surface area contributed by atoms with Gasteiger partial charge in [0.1, 0.15) is 11.5 Å². The third-order valence-corrected chi connectivity index (χ3v) is 20.1. The Hall–Kier alpha value is -11.7. The Bertz CT molecular complexity index is 4440. The van der Waals surface area contributed by atoms with E-state index in [0.717, 1.165) is 128 Å². The number of aromatic nitrogens is 6. The lowest BCUT2D eigenvalue weighted by atomic mass is 9.90. The Kier molecular flexibility index (Phi) is 25.4. The first-order valence-corrected chi connectivity index (χ1v) is 36.8. The van der Waals surface area contributed by atoms with Crippen LogP contribution in [0, 0.1) is 57.3 Å². The molecule has 0 spiro atoms. The number of pyridine rings is 6. The smallest absolute Gasteiger partial charge is 0.257 e. The zero-order valence-corrected chi connectivity index (χ0v) is 61.6. The summed E-state index contributed by atoms with van der Waals surface area (Å²) < 4.78 is 0. The fourth-order valence-corrected chi connectivity index (χ4v) is 13.6. The number of carbonyl (C=O) groups is 6. The van der Waals surface area contributed by atoms with Crippen molar-refractivity contribution in [1.82, 2.24) is 44.6 Å². The monoisotopic (exact) mass is 1420 g/mol. The highest BCUT2D eigenvalue weighted by Crippen LogP contribution is 2.33. The van der Waals surface area contributed by atoms with Crippen LogP contribution in [0.4, 0.5) is 22.9 Å². The van der Waals surface area contributed by atoms with Gasteiger partial charge in [-0.1, -0.05) is 63.8 Å². The molecule has 6 aromatic heterocycles. The summed E-state index contributed by atoms with van der Waals surface area (Å²) >= 11 is 0. The second-order valence-corrected chi connectivity index (χ2v) is 28.7. The quantitative estimate of drug-likeness (QED) is 0.0722. The summed E-state index contributed by atoms with van der Waals surface area (Å²) in [6.07, 6.45) is 31.1. The van der Waals surface area contributed by atoms with Crippen molar-refractivity contribution >= 4 is 58.3 Å². The normalized spacial score (nSPS) is 14.6. The number of hydrogen-bond donors (Lipinski definition) is 3. The van der Waals surface area contributed by atoms with Crippen molar-refractivity contribution in [2.45, 2.75) is 124 Å². The Labute approximate surface area is 622 Å². The molecule has 10 heterocycles. The highest BCUT2D eigenvalue weighted by Gasteiger charge is 2.30. The maximum atomic E-state index is 13.2. The fraction of sp³-hybridized carbons (Fsp3) is 0.333. The lowest BCUT2D eigenvalue weighted by molar-refractivity contribution is 0.0705. The first-order valence-electron chi connectivity index (χ1n) is 36.8. The van der Waals surface area contributed by atoms with Crippen molar-refractivity contribution in [3.63, 3.8) is 0 Å². The van der Waals surface area contributed by atoms with E-state index in [-0.39, 0.29) is 35.4 Å². The highest BCUT2D eigenvalue weighted by molar-refractivity contribution is 6.07. The average Bonchev–Trinajstić information content (AvgIpc) is 0.828. The van der Waals surface area contributed by atoms with Gasteiger partial charge < -0.3 is 35.6 Å². The summed E-state index contributed by atoms with van der Waals surface area (Å²) in [5.74, 6) is 7.42. The van der Waals surface area contributed by atoms with Gasteiger partial charge in [0.25, 0.3) is 35.4 Å². The van der Waals surface area contributed by atoms with E-state index in [1.54, 1.807) is 61.2 Å². The third kappa shape index (κ3) is 19.8. The van der Waals surface area contributed by atoms with E-state index in [9.17, 15) is 28.8 Å². The van der Waals surface area contributed by atoms with Crippen LogP contribution in [0.1, 0.15) is 209 Å². The number of benzene rings is 3. The molecule has 542 valence electrons. The molecule has 106 heavy (non-hydrogen) atoms. The fourth-order valence-electron chi connectivity index (χ4n) is 13.6. The number of carbonyl (C=O) groups excluding carboxylic acids is 6. The second kappa shape index (κ2) is 35.7. The van der Waals surface area contributed by atoms with Crippen molar-refractivity contribution in [3.8, 4) is 24.7 Å². The van der Waals surface area contributed by atoms with Crippen LogP contribution in [-0.4, -0.2) is 132 Å². The van der Waals surface area contributed by atoms with E-state index in [1.165, 1.54) is 12.0 Å². The lowest BCUT2D eigenvalue weighted by Crippen LogP contribution is -2.38. The second-order valence-electron chi connectivity index (χ2n) is 28.7. The number of aryl methyl sites for hydroxylation is 3. The standard InChI is InChI=1S/2C30H32N4O2.C27H29N5O2/c1-5-22-7-11-27(32-18-22)23-12-14-34(15-13-23)30(36)24-8-6-21(4)28(17-24)33-29(35)25-9-10-26(31-19-25)16-20(2)3;1-5-26-10-8-24(18-31-26)22-12-14-34(15-13-22)30(36)23-7-6-21(4)28(17-23)33-29(35)25-9-11-27(32-19-25)16-20(2)3;1-19-3-4-22(27(34)32-15-9-21(10-16-32)20-7-11-28-12-8-20)17-24(19)30-26(33)23-5-6-25(29-18-23)31-13-2-14-31/h1,6-11,17-20,23H,12-16H2,2-4H3,(H,33,35);1,6-11,17-20,22H,12-16H2,2-4H3,(H,33,35);3-8,11-12,17-18,21H,2,9-10,13-16H2,1H3,(H,30,33). The molecule has 3 aromatic carbocycles. The van der Waals surface area contributed by atoms with Gasteiger partial charge >= 0.3 is 0 Å². The van der Waals surface area contributed by atoms with Gasteiger partial charge in [-0.05, 0) is 233 Å². The molecule has 0 aliphatic carbocycles. The zero-order chi connectivity index (χ0) is 74.8.